The summed E-state index contributed by atoms with van der Waals surface area (Å²) in [7, 11) is 0. The minimum atomic E-state index is -0.251. The van der Waals surface area contributed by atoms with Crippen LogP contribution in [0.2, 0.25) is 0 Å². The van der Waals surface area contributed by atoms with Crippen molar-refractivity contribution < 1.29 is 4.79 Å². The summed E-state index contributed by atoms with van der Waals surface area (Å²) < 4.78 is 2.16. The number of carbonyl (C=O) groups is 1. The number of hydrogen-bond donors (Lipinski definition) is 2. The molecule has 6 heteroatoms. The molecular formula is C14H17N5O. The fraction of sp³-hybridized carbons (Fsp3) is 0.286. The molecule has 1 aromatic carbocycles. The molecule has 3 N–H and O–H groups in total. The van der Waals surface area contributed by atoms with Crippen LogP contribution in [0.15, 0.2) is 36.7 Å². The summed E-state index contributed by atoms with van der Waals surface area (Å²) in [6.45, 7) is 3.39. The minimum absolute atomic E-state index is 0.251. The Morgan fingerprint density at radius 2 is 2.20 bits per heavy atom. The zero-order chi connectivity index (χ0) is 13.9. The van der Waals surface area contributed by atoms with E-state index in [-0.39, 0.29) is 5.91 Å². The van der Waals surface area contributed by atoms with Crippen molar-refractivity contribution in [1.82, 2.24) is 19.9 Å². The van der Waals surface area contributed by atoms with Gasteiger partial charge in [-0.1, -0.05) is 18.2 Å². The number of hydrogen-bond acceptors (Lipinski definition) is 4. The second-order valence-electron chi connectivity index (χ2n) is 4.88. The Kier molecular flexibility index (Phi) is 3.49. The number of carbonyl (C=O) groups excluding carboxylic acids is 1. The average molecular weight is 271 g/mol. The molecule has 0 radical (unpaired) electrons. The van der Waals surface area contributed by atoms with Gasteiger partial charge in [0.1, 0.15) is 5.82 Å². The number of nitrogens with one attached hydrogen (secondary N) is 1. The monoisotopic (exact) mass is 271 g/mol. The van der Waals surface area contributed by atoms with E-state index in [1.54, 1.807) is 6.07 Å². The lowest BCUT2D eigenvalue weighted by Gasteiger charge is -2.28. The van der Waals surface area contributed by atoms with Gasteiger partial charge in [-0.2, -0.15) is 0 Å². The summed E-state index contributed by atoms with van der Waals surface area (Å²) in [5.74, 6) is 6.04. The number of imidazole rings is 1. The average Bonchev–Trinajstić information content (AvgIpc) is 2.94. The van der Waals surface area contributed by atoms with Crippen LogP contribution < -0.4 is 11.3 Å². The third kappa shape index (κ3) is 2.43. The van der Waals surface area contributed by atoms with E-state index in [0.717, 1.165) is 37.6 Å². The van der Waals surface area contributed by atoms with E-state index >= 15 is 0 Å². The highest BCUT2D eigenvalue weighted by Gasteiger charge is 2.18. The molecule has 0 atom stereocenters. The SMILES string of the molecule is NNC(=O)c1ccccc1CN1CCn2ccnc2C1. The van der Waals surface area contributed by atoms with Gasteiger partial charge in [-0.25, -0.2) is 10.8 Å². The van der Waals surface area contributed by atoms with E-state index in [2.05, 4.69) is 19.9 Å². The van der Waals surface area contributed by atoms with Crippen LogP contribution in [0.4, 0.5) is 0 Å². The molecular weight excluding hydrogens is 254 g/mol. The molecule has 0 unspecified atom stereocenters. The van der Waals surface area contributed by atoms with Crippen LogP contribution >= 0.6 is 0 Å². The van der Waals surface area contributed by atoms with Crippen molar-refractivity contribution >= 4 is 5.91 Å². The first-order valence-electron chi connectivity index (χ1n) is 6.59. The van der Waals surface area contributed by atoms with E-state index < -0.39 is 0 Å². The Morgan fingerprint density at radius 3 is 3.05 bits per heavy atom. The number of nitrogen functional groups attached to an aromatic ring is 1. The lowest BCUT2D eigenvalue weighted by Crippen LogP contribution is -2.35. The highest BCUT2D eigenvalue weighted by Crippen LogP contribution is 2.16. The van der Waals surface area contributed by atoms with Crippen LogP contribution in [0.5, 0.6) is 0 Å². The summed E-state index contributed by atoms with van der Waals surface area (Å²) in [5, 5.41) is 0. The maximum Gasteiger partial charge on any atom is 0.265 e. The second-order valence-corrected chi connectivity index (χ2v) is 4.88. The van der Waals surface area contributed by atoms with Crippen LogP contribution in [0.25, 0.3) is 0 Å². The van der Waals surface area contributed by atoms with Crippen molar-refractivity contribution in [3.05, 3.63) is 53.6 Å². The predicted molar refractivity (Wildman–Crippen MR) is 74.4 cm³/mol. The van der Waals surface area contributed by atoms with Gasteiger partial charge < -0.3 is 4.57 Å². The molecule has 104 valence electrons. The van der Waals surface area contributed by atoms with E-state index in [4.69, 9.17) is 5.84 Å². The van der Waals surface area contributed by atoms with Crippen molar-refractivity contribution in [2.75, 3.05) is 6.54 Å². The van der Waals surface area contributed by atoms with Crippen LogP contribution in [0.3, 0.4) is 0 Å². The zero-order valence-corrected chi connectivity index (χ0v) is 11.1. The third-order valence-electron chi connectivity index (χ3n) is 3.61. The van der Waals surface area contributed by atoms with Crippen LogP contribution in [-0.4, -0.2) is 26.9 Å². The summed E-state index contributed by atoms with van der Waals surface area (Å²) in [5.41, 5.74) is 3.81. The highest BCUT2D eigenvalue weighted by atomic mass is 16.2. The minimum Gasteiger partial charge on any atom is -0.333 e. The van der Waals surface area contributed by atoms with Gasteiger partial charge in [-0.3, -0.25) is 15.1 Å². The Bertz CT molecular complexity index is 622. The fourth-order valence-corrected chi connectivity index (χ4v) is 2.56. The van der Waals surface area contributed by atoms with E-state index in [0.29, 0.717) is 5.56 Å². The molecule has 0 fully saturated rings. The Labute approximate surface area is 117 Å². The van der Waals surface area contributed by atoms with Crippen LogP contribution in [0, 0.1) is 0 Å². The van der Waals surface area contributed by atoms with Gasteiger partial charge in [0.05, 0.1) is 6.54 Å². The van der Waals surface area contributed by atoms with Crippen molar-refractivity contribution in [1.29, 1.82) is 0 Å². The molecule has 1 aromatic heterocycles. The third-order valence-corrected chi connectivity index (χ3v) is 3.61. The number of amides is 1. The fourth-order valence-electron chi connectivity index (χ4n) is 2.56. The summed E-state index contributed by atoms with van der Waals surface area (Å²) in [6, 6.07) is 7.54. The first-order valence-corrected chi connectivity index (χ1v) is 6.59. The molecule has 1 aliphatic rings. The van der Waals surface area contributed by atoms with E-state index in [1.807, 2.05) is 30.6 Å². The van der Waals surface area contributed by atoms with Gasteiger partial charge in [0.15, 0.2) is 0 Å². The van der Waals surface area contributed by atoms with Gasteiger partial charge in [0.2, 0.25) is 0 Å². The van der Waals surface area contributed by atoms with Gasteiger partial charge in [-0.05, 0) is 11.6 Å². The van der Waals surface area contributed by atoms with Crippen molar-refractivity contribution in [3.63, 3.8) is 0 Å². The summed E-state index contributed by atoms with van der Waals surface area (Å²) in [6.07, 6.45) is 3.83. The molecule has 1 amide bonds. The molecule has 3 rings (SSSR count). The van der Waals surface area contributed by atoms with Crippen LogP contribution in [-0.2, 0) is 19.6 Å². The topological polar surface area (TPSA) is 76.2 Å². The molecule has 0 bridgehead atoms. The Morgan fingerprint density at radius 1 is 1.35 bits per heavy atom. The van der Waals surface area contributed by atoms with Crippen LogP contribution in [0.1, 0.15) is 21.7 Å². The number of fused-ring (bicyclic) bond motifs is 1. The smallest absolute Gasteiger partial charge is 0.265 e. The number of nitrogens with zero attached hydrogens (tertiary/aromatic N) is 3. The first kappa shape index (κ1) is 12.8. The maximum absolute atomic E-state index is 11.8. The number of hydrazine groups is 1. The lowest BCUT2D eigenvalue weighted by atomic mass is 10.1. The maximum atomic E-state index is 11.8. The lowest BCUT2D eigenvalue weighted by molar-refractivity contribution is 0.0951. The van der Waals surface area contributed by atoms with Gasteiger partial charge in [0, 0.05) is 37.6 Å². The molecule has 2 aromatic rings. The predicted octanol–water partition coefficient (Wildman–Crippen LogP) is 0.502. The largest absolute Gasteiger partial charge is 0.333 e. The summed E-state index contributed by atoms with van der Waals surface area (Å²) in [4.78, 5) is 18.4. The van der Waals surface area contributed by atoms with E-state index in [1.165, 1.54) is 0 Å². The molecule has 6 nitrogen and oxygen atoms in total. The molecule has 2 heterocycles. The molecule has 1 aliphatic heterocycles. The van der Waals surface area contributed by atoms with E-state index in [9.17, 15) is 4.79 Å². The standard InChI is InChI=1S/C14H17N5O/c15-17-14(20)12-4-2-1-3-11(12)9-18-7-8-19-6-5-16-13(19)10-18/h1-6H,7-10,15H2,(H,17,20). The number of rotatable bonds is 3. The van der Waals surface area contributed by atoms with Gasteiger partial charge in [-0.15, -0.1) is 0 Å². The van der Waals surface area contributed by atoms with Gasteiger partial charge in [0.25, 0.3) is 5.91 Å². The van der Waals surface area contributed by atoms with Crippen molar-refractivity contribution in [2.24, 2.45) is 5.84 Å². The highest BCUT2D eigenvalue weighted by molar-refractivity contribution is 5.95. The van der Waals surface area contributed by atoms with Gasteiger partial charge >= 0.3 is 0 Å². The number of benzene rings is 1. The molecule has 0 saturated heterocycles. The zero-order valence-electron chi connectivity index (χ0n) is 11.1. The second kappa shape index (κ2) is 5.44. The molecule has 0 saturated carbocycles. The number of aromatic nitrogens is 2. The quantitative estimate of drug-likeness (QED) is 0.484. The molecule has 20 heavy (non-hydrogen) atoms. The summed E-state index contributed by atoms with van der Waals surface area (Å²) >= 11 is 0. The molecule has 0 aliphatic carbocycles. The first-order chi connectivity index (χ1) is 9.78. The Balaban J connectivity index is 1.78. The molecule has 0 spiro atoms. The van der Waals surface area contributed by atoms with Crippen molar-refractivity contribution in [3.8, 4) is 0 Å². The Hall–Kier alpha value is -2.18. The van der Waals surface area contributed by atoms with Crippen molar-refractivity contribution in [2.45, 2.75) is 19.6 Å². The number of nitrogens with two attached hydrogens (primary N) is 1. The normalized spacial score (nSPS) is 14.8.